The molecule has 0 aromatic heterocycles. The molecule has 3 heteroatoms. The van der Waals surface area contributed by atoms with Crippen molar-refractivity contribution in [3.8, 4) is 6.07 Å². The van der Waals surface area contributed by atoms with Crippen LogP contribution in [0.4, 0.5) is 0 Å². The molecule has 172 valence electrons. The number of hydrogen-bond acceptors (Lipinski definition) is 3. The van der Waals surface area contributed by atoms with Crippen LogP contribution in [0.3, 0.4) is 0 Å². The van der Waals surface area contributed by atoms with Gasteiger partial charge in [-0.25, -0.2) is 0 Å². The maximum atomic E-state index is 12.7. The van der Waals surface area contributed by atoms with E-state index in [-0.39, 0.29) is 23.4 Å². The average Bonchev–Trinajstić information content (AvgIpc) is 2.78. The van der Waals surface area contributed by atoms with Crippen molar-refractivity contribution in [2.24, 2.45) is 17.3 Å². The molecule has 0 spiro atoms. The number of unbranched alkanes of at least 4 members (excludes halogenated alkanes) is 7. The van der Waals surface area contributed by atoms with Gasteiger partial charge in [0.2, 0.25) is 0 Å². The van der Waals surface area contributed by atoms with Gasteiger partial charge in [0, 0.05) is 0 Å². The van der Waals surface area contributed by atoms with E-state index in [0.717, 1.165) is 57.3 Å². The molecule has 0 radical (unpaired) electrons. The molecule has 0 heterocycles. The van der Waals surface area contributed by atoms with E-state index >= 15 is 0 Å². The lowest BCUT2D eigenvalue weighted by atomic mass is 9.71. The largest absolute Gasteiger partial charge is 0.462 e. The Hall–Kier alpha value is -1.04. The first kappa shape index (κ1) is 25.2. The highest BCUT2D eigenvalue weighted by molar-refractivity contribution is 5.72. The summed E-state index contributed by atoms with van der Waals surface area (Å²) < 4.78 is 5.92. The Balaban J connectivity index is 1.62. The van der Waals surface area contributed by atoms with E-state index in [4.69, 9.17) is 4.74 Å². The second-order valence-corrected chi connectivity index (χ2v) is 10.3. The van der Waals surface area contributed by atoms with Crippen LogP contribution >= 0.6 is 0 Å². The third-order valence-electron chi connectivity index (χ3n) is 7.81. The van der Waals surface area contributed by atoms with Crippen LogP contribution in [0.15, 0.2) is 0 Å². The van der Waals surface area contributed by atoms with Gasteiger partial charge >= 0.3 is 5.97 Å². The molecule has 2 aliphatic carbocycles. The minimum absolute atomic E-state index is 0.0471. The third-order valence-corrected chi connectivity index (χ3v) is 7.81. The molecule has 0 bridgehead atoms. The Morgan fingerprint density at radius 1 is 0.867 bits per heavy atom. The van der Waals surface area contributed by atoms with Crippen LogP contribution in [0.2, 0.25) is 0 Å². The minimum atomic E-state index is -0.161. The summed E-state index contributed by atoms with van der Waals surface area (Å²) in [7, 11) is 0. The van der Waals surface area contributed by atoms with E-state index < -0.39 is 0 Å². The molecule has 30 heavy (non-hydrogen) atoms. The van der Waals surface area contributed by atoms with Crippen LogP contribution in [-0.4, -0.2) is 12.1 Å². The van der Waals surface area contributed by atoms with Crippen LogP contribution in [0.1, 0.15) is 136 Å². The summed E-state index contributed by atoms with van der Waals surface area (Å²) >= 11 is 0. The fraction of sp³-hybridized carbons (Fsp3) is 0.926. The molecule has 2 fully saturated rings. The number of nitriles is 1. The third kappa shape index (κ3) is 8.60. The van der Waals surface area contributed by atoms with Gasteiger partial charge < -0.3 is 4.74 Å². The van der Waals surface area contributed by atoms with Crippen LogP contribution in [0.5, 0.6) is 0 Å². The molecular weight excluding hydrogens is 370 g/mol. The molecule has 0 amide bonds. The molecule has 0 N–H and O–H groups in total. The highest BCUT2D eigenvalue weighted by Crippen LogP contribution is 2.41. The van der Waals surface area contributed by atoms with Gasteiger partial charge in [-0.2, -0.15) is 5.26 Å². The first-order valence-electron chi connectivity index (χ1n) is 13.2. The number of carbonyl (C=O) groups excluding carboxylic acids is 1. The lowest BCUT2D eigenvalue weighted by Gasteiger charge is -2.35. The monoisotopic (exact) mass is 417 g/mol. The van der Waals surface area contributed by atoms with Crippen LogP contribution in [-0.2, 0) is 9.53 Å². The van der Waals surface area contributed by atoms with E-state index in [0.29, 0.717) is 0 Å². The highest BCUT2D eigenvalue weighted by Gasteiger charge is 2.37. The molecule has 0 aromatic carbocycles. The van der Waals surface area contributed by atoms with E-state index in [9.17, 15) is 10.1 Å². The fourth-order valence-corrected chi connectivity index (χ4v) is 5.55. The second kappa shape index (κ2) is 14.1. The summed E-state index contributed by atoms with van der Waals surface area (Å²) in [4.78, 5) is 12.7. The van der Waals surface area contributed by atoms with Gasteiger partial charge in [-0.1, -0.05) is 78.1 Å². The normalized spacial score (nSPS) is 29.3. The molecule has 0 atom stereocenters. The molecule has 0 saturated heterocycles. The predicted octanol–water partition coefficient (Wildman–Crippen LogP) is 8.12. The quantitative estimate of drug-likeness (QED) is 0.224. The van der Waals surface area contributed by atoms with Crippen molar-refractivity contribution < 1.29 is 9.53 Å². The minimum Gasteiger partial charge on any atom is -0.462 e. The number of rotatable bonds is 13. The Labute approximate surface area is 186 Å². The van der Waals surface area contributed by atoms with Gasteiger partial charge in [-0.15, -0.1) is 0 Å². The van der Waals surface area contributed by atoms with Crippen molar-refractivity contribution in [3.63, 3.8) is 0 Å². The van der Waals surface area contributed by atoms with Crippen LogP contribution < -0.4 is 0 Å². The standard InChI is InChI=1S/C27H47NO2/c1-3-5-7-9-10-12-23-13-15-24(16-14-23)26(29)30-25-17-20-27(22-28,21-18-25)19-11-8-6-4-2/h23-25H,3-21H2,1-2H3/t23-,24-,25-,27-. The van der Waals surface area contributed by atoms with Gasteiger partial charge in [-0.3, -0.25) is 4.79 Å². The molecular formula is C27H47NO2. The average molecular weight is 418 g/mol. The maximum absolute atomic E-state index is 12.7. The zero-order chi connectivity index (χ0) is 21.7. The van der Waals surface area contributed by atoms with Gasteiger partial charge in [0.1, 0.15) is 6.10 Å². The van der Waals surface area contributed by atoms with Crippen molar-refractivity contribution in [2.45, 2.75) is 142 Å². The van der Waals surface area contributed by atoms with Crippen LogP contribution in [0, 0.1) is 28.6 Å². The topological polar surface area (TPSA) is 50.1 Å². The van der Waals surface area contributed by atoms with Gasteiger partial charge in [0.05, 0.1) is 17.4 Å². The van der Waals surface area contributed by atoms with Gasteiger partial charge in [0.25, 0.3) is 0 Å². The lowest BCUT2D eigenvalue weighted by Crippen LogP contribution is -2.33. The summed E-state index contributed by atoms with van der Waals surface area (Å²) in [6, 6.07) is 2.62. The fourth-order valence-electron chi connectivity index (χ4n) is 5.55. The summed E-state index contributed by atoms with van der Waals surface area (Å²) in [5.74, 6) is 1.00. The first-order valence-corrected chi connectivity index (χ1v) is 13.2. The van der Waals surface area contributed by atoms with Crippen molar-refractivity contribution in [1.82, 2.24) is 0 Å². The van der Waals surface area contributed by atoms with E-state index in [2.05, 4.69) is 19.9 Å². The number of hydrogen-bond donors (Lipinski definition) is 0. The number of nitrogens with zero attached hydrogens (tertiary/aromatic N) is 1. The van der Waals surface area contributed by atoms with Gasteiger partial charge in [0.15, 0.2) is 0 Å². The maximum Gasteiger partial charge on any atom is 0.309 e. The molecule has 0 aromatic rings. The smallest absolute Gasteiger partial charge is 0.309 e. The number of esters is 1. The first-order chi connectivity index (χ1) is 14.6. The highest BCUT2D eigenvalue weighted by atomic mass is 16.5. The van der Waals surface area contributed by atoms with Crippen LogP contribution in [0.25, 0.3) is 0 Å². The zero-order valence-electron chi connectivity index (χ0n) is 19.9. The molecule has 2 rings (SSSR count). The Morgan fingerprint density at radius 3 is 2.07 bits per heavy atom. The molecule has 3 nitrogen and oxygen atoms in total. The summed E-state index contributed by atoms with van der Waals surface area (Å²) in [5, 5.41) is 9.74. The van der Waals surface area contributed by atoms with Crippen molar-refractivity contribution in [1.29, 1.82) is 5.26 Å². The van der Waals surface area contributed by atoms with Gasteiger partial charge in [-0.05, 0) is 63.7 Å². The Kier molecular flexibility index (Phi) is 11.9. The van der Waals surface area contributed by atoms with E-state index in [1.807, 2.05) is 0 Å². The lowest BCUT2D eigenvalue weighted by molar-refractivity contribution is -0.158. The van der Waals surface area contributed by atoms with E-state index in [1.54, 1.807) is 0 Å². The molecule has 2 saturated carbocycles. The second-order valence-electron chi connectivity index (χ2n) is 10.3. The Morgan fingerprint density at radius 2 is 1.47 bits per heavy atom. The molecule has 0 unspecified atom stereocenters. The zero-order valence-corrected chi connectivity index (χ0v) is 19.9. The SMILES string of the molecule is CCCCCCC[C@H]1CC[C@H](C(=O)O[C@H]2CC[C@@](C#N)(CCCCCC)CC2)CC1. The Bertz CT molecular complexity index is 507. The summed E-state index contributed by atoms with van der Waals surface area (Å²) in [6.45, 7) is 4.49. The summed E-state index contributed by atoms with van der Waals surface area (Å²) in [5.41, 5.74) is -0.161. The van der Waals surface area contributed by atoms with Crippen molar-refractivity contribution in [2.75, 3.05) is 0 Å². The molecule has 2 aliphatic rings. The number of carbonyl (C=O) groups is 1. The molecule has 0 aliphatic heterocycles. The summed E-state index contributed by atoms with van der Waals surface area (Å²) in [6.07, 6.45) is 22.1. The van der Waals surface area contributed by atoms with Crippen molar-refractivity contribution in [3.05, 3.63) is 0 Å². The predicted molar refractivity (Wildman–Crippen MR) is 124 cm³/mol. The number of ether oxygens (including phenoxy) is 1. The van der Waals surface area contributed by atoms with Crippen molar-refractivity contribution >= 4 is 5.97 Å². The van der Waals surface area contributed by atoms with E-state index in [1.165, 1.54) is 70.6 Å².